The summed E-state index contributed by atoms with van der Waals surface area (Å²) in [5.41, 5.74) is 9.30. The first-order chi connectivity index (χ1) is 19.7. The summed E-state index contributed by atoms with van der Waals surface area (Å²) in [4.78, 5) is 0. The highest BCUT2D eigenvalue weighted by Crippen LogP contribution is 2.41. The van der Waals surface area contributed by atoms with Crippen molar-refractivity contribution in [3.8, 4) is 39.4 Å². The molecular weight excluding hydrogens is 506 g/mol. The molecule has 0 N–H and O–H groups in total. The third kappa shape index (κ3) is 3.62. The molecule has 0 spiro atoms. The summed E-state index contributed by atoms with van der Waals surface area (Å²) in [6.45, 7) is 0. The predicted molar refractivity (Wildman–Crippen MR) is 168 cm³/mol. The quantitative estimate of drug-likeness (QED) is 0.229. The normalized spacial score (nSPS) is 11.5. The Hall–Kier alpha value is -5.17. The van der Waals surface area contributed by atoms with Gasteiger partial charge in [0.15, 0.2) is 0 Å². The number of hydrogen-bond donors (Lipinski definition) is 0. The van der Waals surface area contributed by atoms with E-state index in [0.29, 0.717) is 5.56 Å². The van der Waals surface area contributed by atoms with Gasteiger partial charge in [-0.2, -0.15) is 5.26 Å². The molecule has 0 bridgehead atoms. The molecule has 0 saturated carbocycles. The van der Waals surface area contributed by atoms with Crippen LogP contribution in [0.25, 0.3) is 75.5 Å². The first kappa shape index (κ1) is 22.8. The van der Waals surface area contributed by atoms with E-state index in [9.17, 15) is 5.26 Å². The molecule has 8 aromatic rings. The molecule has 6 aromatic carbocycles. The lowest BCUT2D eigenvalue weighted by Gasteiger charge is -2.14. The molecule has 3 heteroatoms. The minimum atomic E-state index is 0.657. The number of benzene rings is 6. The van der Waals surface area contributed by atoms with Gasteiger partial charge in [-0.3, -0.25) is 0 Å². The van der Waals surface area contributed by atoms with E-state index in [2.05, 4.69) is 97.1 Å². The maximum absolute atomic E-state index is 9.38. The fourth-order valence-corrected chi connectivity index (χ4v) is 6.82. The summed E-state index contributed by atoms with van der Waals surface area (Å²) in [5, 5.41) is 14.2. The SMILES string of the molecule is N#Cc1ccc(-c2cc(-c3ccc4oc5ccccc5c4c3)ccc2-c2ccc3sc4ccccc4c3c2)cc1. The smallest absolute Gasteiger partial charge is 0.135 e. The van der Waals surface area contributed by atoms with Crippen molar-refractivity contribution in [3.63, 3.8) is 0 Å². The zero-order chi connectivity index (χ0) is 26.6. The van der Waals surface area contributed by atoms with Gasteiger partial charge in [-0.25, -0.2) is 0 Å². The monoisotopic (exact) mass is 527 g/mol. The number of hydrogen-bond acceptors (Lipinski definition) is 3. The zero-order valence-electron chi connectivity index (χ0n) is 21.4. The summed E-state index contributed by atoms with van der Waals surface area (Å²) >= 11 is 1.83. The molecule has 0 fully saturated rings. The van der Waals surface area contributed by atoms with Crippen LogP contribution in [-0.2, 0) is 0 Å². The van der Waals surface area contributed by atoms with Crippen molar-refractivity contribution in [1.29, 1.82) is 5.26 Å². The molecule has 0 unspecified atom stereocenters. The summed E-state index contributed by atoms with van der Waals surface area (Å²) in [6, 6.07) is 46.8. The highest BCUT2D eigenvalue weighted by molar-refractivity contribution is 7.25. The second-order valence-electron chi connectivity index (χ2n) is 10.1. The number of rotatable bonds is 3. The van der Waals surface area contributed by atoms with Gasteiger partial charge in [0.05, 0.1) is 11.6 Å². The fraction of sp³-hybridized carbons (Fsp3) is 0. The predicted octanol–water partition coefficient (Wildman–Crippen LogP) is 10.8. The molecule has 8 rings (SSSR count). The molecule has 0 amide bonds. The maximum atomic E-state index is 9.38. The minimum Gasteiger partial charge on any atom is -0.456 e. The summed E-state index contributed by atoms with van der Waals surface area (Å²) in [5.74, 6) is 0. The lowest BCUT2D eigenvalue weighted by molar-refractivity contribution is 0.669. The van der Waals surface area contributed by atoms with Crippen molar-refractivity contribution in [2.75, 3.05) is 0 Å². The van der Waals surface area contributed by atoms with E-state index in [1.54, 1.807) is 0 Å². The minimum absolute atomic E-state index is 0.657. The topological polar surface area (TPSA) is 36.9 Å². The van der Waals surface area contributed by atoms with E-state index >= 15 is 0 Å². The summed E-state index contributed by atoms with van der Waals surface area (Å²) in [6.07, 6.45) is 0. The average Bonchev–Trinajstić information content (AvgIpc) is 3.58. The van der Waals surface area contributed by atoms with Crippen molar-refractivity contribution in [2.24, 2.45) is 0 Å². The molecule has 2 nitrogen and oxygen atoms in total. The molecule has 2 heterocycles. The van der Waals surface area contributed by atoms with Crippen LogP contribution in [0.3, 0.4) is 0 Å². The Labute approximate surface area is 235 Å². The van der Waals surface area contributed by atoms with Gasteiger partial charge in [0.1, 0.15) is 11.2 Å². The van der Waals surface area contributed by atoms with Crippen LogP contribution in [0.15, 0.2) is 132 Å². The Bertz CT molecular complexity index is 2280. The van der Waals surface area contributed by atoms with Gasteiger partial charge >= 0.3 is 0 Å². The number of furan rings is 1. The van der Waals surface area contributed by atoms with Gasteiger partial charge in [-0.1, -0.05) is 72.8 Å². The fourth-order valence-electron chi connectivity index (χ4n) is 5.74. The molecule has 0 aliphatic rings. The molecule has 0 aliphatic heterocycles. The van der Waals surface area contributed by atoms with Crippen LogP contribution < -0.4 is 0 Å². The van der Waals surface area contributed by atoms with Gasteiger partial charge in [0.2, 0.25) is 0 Å². The van der Waals surface area contributed by atoms with Crippen LogP contribution in [0.1, 0.15) is 5.56 Å². The third-order valence-corrected chi connectivity index (χ3v) is 8.89. The molecule has 186 valence electrons. The van der Waals surface area contributed by atoms with Crippen LogP contribution in [0.5, 0.6) is 0 Å². The van der Waals surface area contributed by atoms with Crippen LogP contribution >= 0.6 is 11.3 Å². The van der Waals surface area contributed by atoms with Crippen molar-refractivity contribution in [3.05, 3.63) is 133 Å². The zero-order valence-corrected chi connectivity index (χ0v) is 22.2. The highest BCUT2D eigenvalue weighted by atomic mass is 32.1. The van der Waals surface area contributed by atoms with Crippen LogP contribution in [0.4, 0.5) is 0 Å². The lowest BCUT2D eigenvalue weighted by atomic mass is 9.90. The first-order valence-electron chi connectivity index (χ1n) is 13.2. The number of para-hydroxylation sites is 1. The van der Waals surface area contributed by atoms with Gasteiger partial charge in [-0.15, -0.1) is 11.3 Å². The maximum Gasteiger partial charge on any atom is 0.135 e. The Morgan fingerprint density at radius 2 is 1.12 bits per heavy atom. The molecule has 2 aromatic heterocycles. The largest absolute Gasteiger partial charge is 0.456 e. The van der Waals surface area contributed by atoms with Gasteiger partial charge in [-0.05, 0) is 88.0 Å². The Morgan fingerprint density at radius 3 is 2.00 bits per heavy atom. The number of nitrogens with zero attached hydrogens (tertiary/aromatic N) is 1. The van der Waals surface area contributed by atoms with Gasteiger partial charge in [0, 0.05) is 30.9 Å². The standard InChI is InChI=1S/C37H21NOS/c38-22-23-9-11-24(12-10-23)31-19-25(26-14-17-35-32(20-26)29-5-1-3-7-34(29)39-35)13-16-28(31)27-15-18-37-33(21-27)30-6-2-4-8-36(30)40-37/h1-21H. The average molecular weight is 528 g/mol. The number of thiophene rings is 1. The number of fused-ring (bicyclic) bond motifs is 6. The van der Waals surface area contributed by atoms with E-state index in [1.807, 2.05) is 47.7 Å². The third-order valence-electron chi connectivity index (χ3n) is 7.74. The summed E-state index contributed by atoms with van der Waals surface area (Å²) < 4.78 is 8.67. The van der Waals surface area contributed by atoms with E-state index in [4.69, 9.17) is 4.42 Å². The molecule has 0 atom stereocenters. The molecule has 40 heavy (non-hydrogen) atoms. The first-order valence-corrected chi connectivity index (χ1v) is 14.0. The van der Waals surface area contributed by atoms with E-state index in [-0.39, 0.29) is 0 Å². The van der Waals surface area contributed by atoms with Crippen molar-refractivity contribution in [2.45, 2.75) is 0 Å². The van der Waals surface area contributed by atoms with Crippen LogP contribution in [-0.4, -0.2) is 0 Å². The Kier molecular flexibility index (Phi) is 5.10. The molecule has 0 radical (unpaired) electrons. The van der Waals surface area contributed by atoms with E-state index in [1.165, 1.54) is 31.3 Å². The molecule has 0 saturated heterocycles. The van der Waals surface area contributed by atoms with Crippen molar-refractivity contribution < 1.29 is 4.42 Å². The molecular formula is C37H21NOS. The van der Waals surface area contributed by atoms with Gasteiger partial charge < -0.3 is 4.42 Å². The highest BCUT2D eigenvalue weighted by Gasteiger charge is 2.14. The lowest BCUT2D eigenvalue weighted by Crippen LogP contribution is -1.88. The Morgan fingerprint density at radius 1 is 0.475 bits per heavy atom. The Balaban J connectivity index is 1.33. The van der Waals surface area contributed by atoms with Crippen molar-refractivity contribution in [1.82, 2.24) is 0 Å². The van der Waals surface area contributed by atoms with Crippen LogP contribution in [0.2, 0.25) is 0 Å². The molecule has 0 aliphatic carbocycles. The van der Waals surface area contributed by atoms with E-state index in [0.717, 1.165) is 44.2 Å². The number of nitriles is 1. The van der Waals surface area contributed by atoms with E-state index < -0.39 is 0 Å². The van der Waals surface area contributed by atoms with Crippen molar-refractivity contribution >= 4 is 53.4 Å². The van der Waals surface area contributed by atoms with Gasteiger partial charge in [0.25, 0.3) is 0 Å². The summed E-state index contributed by atoms with van der Waals surface area (Å²) in [7, 11) is 0. The second kappa shape index (κ2) is 8.95. The second-order valence-corrected chi connectivity index (χ2v) is 11.2. The van der Waals surface area contributed by atoms with Crippen LogP contribution in [0, 0.1) is 11.3 Å².